The number of rotatable bonds is 5. The quantitative estimate of drug-likeness (QED) is 0.704. The molecule has 1 rings (SSSR count). The zero-order valence-corrected chi connectivity index (χ0v) is 8.29. The smallest absolute Gasteiger partial charge is 0.0503 e. The van der Waals surface area contributed by atoms with Crippen molar-refractivity contribution in [3.05, 3.63) is 24.0 Å². The number of anilines is 1. The molecule has 0 fully saturated rings. The van der Waals surface area contributed by atoms with Crippen molar-refractivity contribution in [2.24, 2.45) is 0 Å². The molecule has 0 aliphatic carbocycles. The van der Waals surface area contributed by atoms with Gasteiger partial charge in [0.25, 0.3) is 0 Å². The second-order valence-corrected chi connectivity index (χ2v) is 3.44. The molecule has 72 valence electrons. The molecular weight excluding hydrogens is 160 g/mol. The summed E-state index contributed by atoms with van der Waals surface area (Å²) in [5, 5.41) is 0. The molecule has 0 amide bonds. The standard InChI is InChI=1S/C11H18N2/c1-2-3-4-5-6-10-7-11(12)9-13-8-10/h7-9H,2-6,12H2,1H3. The van der Waals surface area contributed by atoms with Gasteiger partial charge in [0.05, 0.1) is 5.69 Å². The molecule has 1 aromatic rings. The topological polar surface area (TPSA) is 38.9 Å². The second kappa shape index (κ2) is 5.57. The third-order valence-electron chi connectivity index (χ3n) is 2.14. The number of nitrogens with zero attached hydrogens (tertiary/aromatic N) is 1. The third-order valence-corrected chi connectivity index (χ3v) is 2.14. The lowest BCUT2D eigenvalue weighted by atomic mass is 10.1. The van der Waals surface area contributed by atoms with Crippen molar-refractivity contribution in [2.45, 2.75) is 39.0 Å². The SMILES string of the molecule is CCCCCCc1cncc(N)c1. The van der Waals surface area contributed by atoms with E-state index >= 15 is 0 Å². The molecule has 0 spiro atoms. The number of hydrogen-bond acceptors (Lipinski definition) is 2. The Morgan fingerprint density at radius 3 is 2.77 bits per heavy atom. The summed E-state index contributed by atoms with van der Waals surface area (Å²) in [5.41, 5.74) is 7.66. The molecule has 0 unspecified atom stereocenters. The van der Waals surface area contributed by atoms with Crippen molar-refractivity contribution >= 4 is 5.69 Å². The van der Waals surface area contributed by atoms with Crippen LogP contribution in [0.4, 0.5) is 5.69 Å². The molecule has 0 atom stereocenters. The van der Waals surface area contributed by atoms with Gasteiger partial charge in [-0.3, -0.25) is 4.98 Å². The second-order valence-electron chi connectivity index (χ2n) is 3.44. The highest BCUT2D eigenvalue weighted by molar-refractivity contribution is 5.36. The van der Waals surface area contributed by atoms with Gasteiger partial charge in [0.1, 0.15) is 0 Å². The lowest BCUT2D eigenvalue weighted by molar-refractivity contribution is 0.666. The van der Waals surface area contributed by atoms with Gasteiger partial charge in [-0.25, -0.2) is 0 Å². The Morgan fingerprint density at radius 2 is 2.08 bits per heavy atom. The van der Waals surface area contributed by atoms with Gasteiger partial charge < -0.3 is 5.73 Å². The average molecular weight is 178 g/mol. The lowest BCUT2D eigenvalue weighted by Crippen LogP contribution is -1.91. The maximum atomic E-state index is 5.63. The molecule has 1 aromatic heterocycles. The summed E-state index contributed by atoms with van der Waals surface area (Å²) in [6.45, 7) is 2.22. The first-order valence-corrected chi connectivity index (χ1v) is 5.02. The molecular formula is C11H18N2. The van der Waals surface area contributed by atoms with Gasteiger partial charge in [0.15, 0.2) is 0 Å². The van der Waals surface area contributed by atoms with Gasteiger partial charge in [-0.1, -0.05) is 26.2 Å². The summed E-state index contributed by atoms with van der Waals surface area (Å²) >= 11 is 0. The Labute approximate surface area is 80.2 Å². The Balaban J connectivity index is 2.28. The van der Waals surface area contributed by atoms with E-state index in [0.717, 1.165) is 12.1 Å². The highest BCUT2D eigenvalue weighted by Gasteiger charge is 1.94. The highest BCUT2D eigenvalue weighted by atomic mass is 14.7. The molecule has 0 aromatic carbocycles. The number of aryl methyl sites for hydroxylation is 1. The van der Waals surface area contributed by atoms with Gasteiger partial charge in [0.2, 0.25) is 0 Å². The Kier molecular flexibility index (Phi) is 4.30. The lowest BCUT2D eigenvalue weighted by Gasteiger charge is -2.01. The Hall–Kier alpha value is -1.05. The van der Waals surface area contributed by atoms with E-state index in [-0.39, 0.29) is 0 Å². The fraction of sp³-hybridized carbons (Fsp3) is 0.545. The molecule has 0 radical (unpaired) electrons. The van der Waals surface area contributed by atoms with E-state index in [9.17, 15) is 0 Å². The monoisotopic (exact) mass is 178 g/mol. The van der Waals surface area contributed by atoms with Crippen molar-refractivity contribution in [3.63, 3.8) is 0 Å². The summed E-state index contributed by atoms with van der Waals surface area (Å²) in [6.07, 6.45) is 9.88. The van der Waals surface area contributed by atoms with Gasteiger partial charge in [-0.2, -0.15) is 0 Å². The largest absolute Gasteiger partial charge is 0.397 e. The van der Waals surface area contributed by atoms with Crippen LogP contribution in [0.25, 0.3) is 0 Å². The minimum atomic E-state index is 0.771. The van der Waals surface area contributed by atoms with Crippen LogP contribution in [0.1, 0.15) is 38.2 Å². The van der Waals surface area contributed by atoms with Crippen molar-refractivity contribution < 1.29 is 0 Å². The first-order valence-electron chi connectivity index (χ1n) is 5.02. The third kappa shape index (κ3) is 3.92. The minimum absolute atomic E-state index is 0.771. The van der Waals surface area contributed by atoms with Crippen LogP contribution in [0, 0.1) is 0 Å². The van der Waals surface area contributed by atoms with E-state index in [4.69, 9.17) is 5.73 Å². The Bertz CT molecular complexity index is 246. The zero-order chi connectivity index (χ0) is 9.52. The average Bonchev–Trinajstić information content (AvgIpc) is 2.13. The predicted molar refractivity (Wildman–Crippen MR) is 56.5 cm³/mol. The molecule has 0 saturated carbocycles. The van der Waals surface area contributed by atoms with Gasteiger partial charge in [-0.15, -0.1) is 0 Å². The molecule has 0 bridgehead atoms. The van der Waals surface area contributed by atoms with Gasteiger partial charge in [0, 0.05) is 12.4 Å². The summed E-state index contributed by atoms with van der Waals surface area (Å²) in [7, 11) is 0. The summed E-state index contributed by atoms with van der Waals surface area (Å²) in [5.74, 6) is 0. The number of nitrogens with two attached hydrogens (primary N) is 1. The molecule has 2 heteroatoms. The molecule has 0 saturated heterocycles. The highest BCUT2D eigenvalue weighted by Crippen LogP contribution is 2.09. The number of nitrogen functional groups attached to an aromatic ring is 1. The van der Waals surface area contributed by atoms with Gasteiger partial charge >= 0.3 is 0 Å². The molecule has 2 nitrogen and oxygen atoms in total. The molecule has 0 aliphatic heterocycles. The van der Waals surface area contributed by atoms with Crippen LogP contribution >= 0.6 is 0 Å². The normalized spacial score (nSPS) is 10.2. The van der Waals surface area contributed by atoms with Crippen molar-refractivity contribution in [1.82, 2.24) is 4.98 Å². The summed E-state index contributed by atoms with van der Waals surface area (Å²) in [4.78, 5) is 4.06. The van der Waals surface area contributed by atoms with Crippen molar-refractivity contribution in [2.75, 3.05) is 5.73 Å². The van der Waals surface area contributed by atoms with Gasteiger partial charge in [-0.05, 0) is 24.5 Å². The van der Waals surface area contributed by atoms with Crippen LogP contribution in [0.3, 0.4) is 0 Å². The van der Waals surface area contributed by atoms with Crippen LogP contribution < -0.4 is 5.73 Å². The van der Waals surface area contributed by atoms with E-state index in [2.05, 4.69) is 11.9 Å². The van der Waals surface area contributed by atoms with E-state index in [0.29, 0.717) is 0 Å². The van der Waals surface area contributed by atoms with Crippen LogP contribution in [-0.2, 0) is 6.42 Å². The maximum Gasteiger partial charge on any atom is 0.0503 e. The number of pyridine rings is 1. The fourth-order valence-electron chi connectivity index (χ4n) is 1.40. The number of aromatic nitrogens is 1. The number of unbranched alkanes of at least 4 members (excludes halogenated alkanes) is 3. The predicted octanol–water partition coefficient (Wildman–Crippen LogP) is 2.79. The molecule has 2 N–H and O–H groups in total. The minimum Gasteiger partial charge on any atom is -0.397 e. The van der Waals surface area contributed by atoms with Crippen molar-refractivity contribution in [3.8, 4) is 0 Å². The first kappa shape index (κ1) is 10.0. The van der Waals surface area contributed by atoms with Crippen LogP contribution in [0.2, 0.25) is 0 Å². The van der Waals surface area contributed by atoms with Crippen LogP contribution in [0.5, 0.6) is 0 Å². The Morgan fingerprint density at radius 1 is 1.23 bits per heavy atom. The van der Waals surface area contributed by atoms with E-state index in [1.54, 1.807) is 6.20 Å². The molecule has 0 aliphatic rings. The van der Waals surface area contributed by atoms with Crippen LogP contribution in [-0.4, -0.2) is 4.98 Å². The van der Waals surface area contributed by atoms with Crippen molar-refractivity contribution in [1.29, 1.82) is 0 Å². The molecule has 13 heavy (non-hydrogen) atoms. The van der Waals surface area contributed by atoms with Crippen LogP contribution in [0.15, 0.2) is 18.5 Å². The number of hydrogen-bond donors (Lipinski definition) is 1. The summed E-state index contributed by atoms with van der Waals surface area (Å²) in [6, 6.07) is 2.01. The zero-order valence-electron chi connectivity index (χ0n) is 8.29. The van der Waals surface area contributed by atoms with E-state index in [1.165, 1.54) is 31.2 Å². The fourth-order valence-corrected chi connectivity index (χ4v) is 1.40. The summed E-state index contributed by atoms with van der Waals surface area (Å²) < 4.78 is 0. The van der Waals surface area contributed by atoms with E-state index < -0.39 is 0 Å². The van der Waals surface area contributed by atoms with E-state index in [1.807, 2.05) is 12.3 Å². The molecule has 1 heterocycles. The first-order chi connectivity index (χ1) is 6.33. The maximum absolute atomic E-state index is 5.63.